The van der Waals surface area contributed by atoms with Gasteiger partial charge in [-0.25, -0.2) is 4.79 Å². The van der Waals surface area contributed by atoms with Gasteiger partial charge in [-0.3, -0.25) is 48.3 Å². The van der Waals surface area contributed by atoms with E-state index in [1.807, 2.05) is 0 Å². The number of amides is 8. The first-order valence-corrected chi connectivity index (χ1v) is 22.3. The topological polar surface area (TPSA) is 402 Å². The number of carboxylic acids is 1. The molecule has 0 saturated carbocycles. The van der Waals surface area contributed by atoms with Gasteiger partial charge in [0.2, 0.25) is 47.3 Å². The monoisotopic (exact) mass is 942 g/mol. The predicted octanol–water partition coefficient (Wildman–Crippen LogP) is -4.75. The van der Waals surface area contributed by atoms with E-state index in [0.717, 1.165) is 6.42 Å². The summed E-state index contributed by atoms with van der Waals surface area (Å²) in [5, 5.41) is 30.7. The second kappa shape index (κ2) is 27.4. The number of guanidine groups is 2. The smallest absolute Gasteiger partial charge is 0.326 e. The van der Waals surface area contributed by atoms with E-state index in [4.69, 9.17) is 22.9 Å². The minimum Gasteiger partial charge on any atom is -0.480 e. The lowest BCUT2D eigenvalue weighted by Crippen LogP contribution is -2.59. The summed E-state index contributed by atoms with van der Waals surface area (Å²) >= 11 is 0. The van der Waals surface area contributed by atoms with Gasteiger partial charge in [0.25, 0.3) is 0 Å². The highest BCUT2D eigenvalue weighted by Crippen LogP contribution is 2.20. The van der Waals surface area contributed by atoms with Crippen LogP contribution in [0.5, 0.6) is 0 Å². The molecule has 0 aromatic heterocycles. The van der Waals surface area contributed by atoms with Gasteiger partial charge in [-0.1, -0.05) is 30.3 Å². The van der Waals surface area contributed by atoms with Crippen molar-refractivity contribution in [3.63, 3.8) is 0 Å². The zero-order valence-corrected chi connectivity index (χ0v) is 38.2. The average molecular weight is 942 g/mol. The second-order valence-corrected chi connectivity index (χ2v) is 16.4. The number of aliphatic carboxylic acids is 1. The third-order valence-corrected chi connectivity index (χ3v) is 10.9. The summed E-state index contributed by atoms with van der Waals surface area (Å²) in [6.45, 7) is 4.74. The number of hydrogen-bond donors (Lipinski definition) is 13. The molecule has 0 unspecified atom stereocenters. The number of likely N-dealkylation sites (tertiary alicyclic amines) is 1. The summed E-state index contributed by atoms with van der Waals surface area (Å²) in [6.07, 6.45) is 2.55. The van der Waals surface area contributed by atoms with Crippen molar-refractivity contribution < 1.29 is 48.3 Å². The zero-order chi connectivity index (χ0) is 49.6. The molecule has 2 fully saturated rings. The number of hydrogen-bond acceptors (Lipinski definition) is 12. The Kier molecular flexibility index (Phi) is 22.2. The number of carbonyl (C=O) groups excluding carboxylic acids is 8. The number of nitrogens with zero attached hydrogens (tertiary/aromatic N) is 3. The van der Waals surface area contributed by atoms with Crippen LogP contribution in [0.3, 0.4) is 0 Å². The Bertz CT molecular complexity index is 1960. The SMILES string of the molecule is C[C@H](NC(=O)CNC(=O)[C@H](C)NC(=O)[C@@H]1CCCN1)C(=O)N[C@@H](Cc1ccccc1)C(=O)N[C@@H](C)C(=O)N[C@@H](CCCN=C(N)N)C(=O)N[C@@H](CCCN=C(N)N)C(=O)N1CCC[C@H]1C(=O)O. The van der Waals surface area contributed by atoms with Gasteiger partial charge in [0.05, 0.1) is 12.6 Å². The number of nitrogens with two attached hydrogens (primary N) is 4. The molecule has 1 aromatic carbocycles. The Morgan fingerprint density at radius 3 is 1.82 bits per heavy atom. The van der Waals surface area contributed by atoms with E-state index < -0.39 is 102 Å². The Morgan fingerprint density at radius 1 is 0.687 bits per heavy atom. The lowest BCUT2D eigenvalue weighted by atomic mass is 10.0. The molecule has 67 heavy (non-hydrogen) atoms. The van der Waals surface area contributed by atoms with Crippen molar-refractivity contribution in [2.75, 3.05) is 32.7 Å². The summed E-state index contributed by atoms with van der Waals surface area (Å²) in [7, 11) is 0. The number of rotatable bonds is 26. The van der Waals surface area contributed by atoms with E-state index in [0.29, 0.717) is 24.9 Å². The standard InChI is InChI=1S/C42H67N15O10/c1-23(52-36(62)27-13-7-17-47-27)33(59)50-22-32(58)51-24(2)34(60)56-30(21-26-11-5-4-6-12-26)38(64)53-25(3)35(61)54-28(14-8-18-48-41(43)44)37(63)55-29(15-9-19-49-42(45)46)39(65)57-20-10-16-31(57)40(66)67/h4-6,11-12,23-25,27-31,47H,7-10,13-22H2,1-3H3,(H,50,59)(H,51,58)(H,52,62)(H,53,64)(H,54,61)(H,55,63)(H,56,60)(H,66,67)(H4,43,44,48)(H4,45,46,49)/t23-,24-,25-,27-,28-,29-,30-,31-/m0/s1. The normalized spacial score (nSPS) is 18.0. The Labute approximate surface area is 388 Å². The Morgan fingerprint density at radius 2 is 1.24 bits per heavy atom. The lowest BCUT2D eigenvalue weighted by molar-refractivity contribution is -0.149. The fraction of sp³-hybridized carbons (Fsp3) is 0.595. The van der Waals surface area contributed by atoms with Gasteiger partial charge < -0.3 is 75.5 Å². The van der Waals surface area contributed by atoms with Crippen molar-refractivity contribution in [2.24, 2.45) is 32.9 Å². The van der Waals surface area contributed by atoms with Crippen LogP contribution in [0.2, 0.25) is 0 Å². The van der Waals surface area contributed by atoms with Gasteiger partial charge in [-0.15, -0.1) is 0 Å². The Balaban J connectivity index is 1.70. The average Bonchev–Trinajstić information content (AvgIpc) is 4.01. The van der Waals surface area contributed by atoms with Crippen LogP contribution in [0.15, 0.2) is 40.3 Å². The first-order valence-electron chi connectivity index (χ1n) is 22.3. The molecule has 25 nitrogen and oxygen atoms in total. The van der Waals surface area contributed by atoms with Crippen molar-refractivity contribution >= 4 is 65.1 Å². The maximum Gasteiger partial charge on any atom is 0.326 e. The maximum absolute atomic E-state index is 13.9. The third kappa shape index (κ3) is 18.8. The highest BCUT2D eigenvalue weighted by atomic mass is 16.4. The first-order chi connectivity index (χ1) is 31.8. The van der Waals surface area contributed by atoms with Crippen LogP contribution in [-0.4, -0.2) is 156 Å². The van der Waals surface area contributed by atoms with Gasteiger partial charge >= 0.3 is 5.97 Å². The number of carboxylic acid groups (broad SMARTS) is 1. The molecular formula is C42H67N15O10. The van der Waals surface area contributed by atoms with Crippen molar-refractivity contribution in [3.05, 3.63) is 35.9 Å². The number of nitrogens with one attached hydrogen (secondary N) is 8. The number of carbonyl (C=O) groups is 9. The van der Waals surface area contributed by atoms with Crippen LogP contribution in [0, 0.1) is 0 Å². The van der Waals surface area contributed by atoms with Gasteiger partial charge in [-0.05, 0) is 84.2 Å². The lowest BCUT2D eigenvalue weighted by Gasteiger charge is -2.29. The maximum atomic E-state index is 13.9. The molecule has 2 aliphatic heterocycles. The molecule has 3 rings (SSSR count). The molecule has 17 N–H and O–H groups in total. The highest BCUT2D eigenvalue weighted by molar-refractivity contribution is 5.97. The van der Waals surface area contributed by atoms with Crippen LogP contribution in [0.25, 0.3) is 0 Å². The van der Waals surface area contributed by atoms with Crippen molar-refractivity contribution in [1.29, 1.82) is 0 Å². The molecule has 2 aliphatic rings. The van der Waals surface area contributed by atoms with Gasteiger partial charge in [0.1, 0.15) is 42.3 Å². The van der Waals surface area contributed by atoms with Gasteiger partial charge in [0, 0.05) is 26.1 Å². The summed E-state index contributed by atoms with van der Waals surface area (Å²) in [5.74, 6) is -7.01. The van der Waals surface area contributed by atoms with Crippen molar-refractivity contribution in [1.82, 2.24) is 47.4 Å². The molecule has 8 atom stereocenters. The summed E-state index contributed by atoms with van der Waals surface area (Å²) in [4.78, 5) is 127. The number of benzene rings is 1. The molecule has 25 heteroatoms. The van der Waals surface area contributed by atoms with E-state index >= 15 is 0 Å². The molecule has 1 aromatic rings. The third-order valence-electron chi connectivity index (χ3n) is 10.9. The van der Waals surface area contributed by atoms with E-state index in [9.17, 15) is 48.3 Å². The molecule has 0 aliphatic carbocycles. The largest absolute Gasteiger partial charge is 0.480 e. The van der Waals surface area contributed by atoms with Crippen LogP contribution in [0.1, 0.15) is 77.7 Å². The summed E-state index contributed by atoms with van der Waals surface area (Å²) < 4.78 is 0. The van der Waals surface area contributed by atoms with Crippen LogP contribution < -0.4 is 65.5 Å². The quantitative estimate of drug-likeness (QED) is 0.0236. The molecule has 2 saturated heterocycles. The van der Waals surface area contributed by atoms with Crippen LogP contribution in [-0.2, 0) is 49.6 Å². The van der Waals surface area contributed by atoms with Crippen LogP contribution in [0.4, 0.5) is 0 Å². The molecule has 8 amide bonds. The first kappa shape index (κ1) is 54.3. The summed E-state index contributed by atoms with van der Waals surface area (Å²) in [6, 6.07) is -0.0225. The molecule has 370 valence electrons. The minimum absolute atomic E-state index is 0.0252. The molecular weight excluding hydrogens is 875 g/mol. The minimum atomic E-state index is -1.30. The molecule has 0 spiro atoms. The highest BCUT2D eigenvalue weighted by Gasteiger charge is 2.38. The predicted molar refractivity (Wildman–Crippen MR) is 245 cm³/mol. The van der Waals surface area contributed by atoms with Crippen LogP contribution >= 0.6 is 0 Å². The van der Waals surface area contributed by atoms with Gasteiger partial charge in [-0.2, -0.15) is 0 Å². The van der Waals surface area contributed by atoms with E-state index in [1.165, 1.54) is 25.7 Å². The summed E-state index contributed by atoms with van der Waals surface area (Å²) in [5.41, 5.74) is 22.4. The van der Waals surface area contributed by atoms with E-state index in [2.05, 4.69) is 52.5 Å². The fourth-order valence-corrected chi connectivity index (χ4v) is 7.29. The van der Waals surface area contributed by atoms with E-state index in [1.54, 1.807) is 30.3 Å². The second-order valence-electron chi connectivity index (χ2n) is 16.4. The molecule has 0 radical (unpaired) electrons. The van der Waals surface area contributed by atoms with Gasteiger partial charge in [0.15, 0.2) is 11.9 Å². The Hall–Kier alpha value is -7.05. The van der Waals surface area contributed by atoms with Crippen molar-refractivity contribution in [2.45, 2.75) is 127 Å². The van der Waals surface area contributed by atoms with E-state index in [-0.39, 0.29) is 76.0 Å². The molecule has 0 bridgehead atoms. The number of aliphatic imine (C=N–C) groups is 2. The van der Waals surface area contributed by atoms with Crippen molar-refractivity contribution in [3.8, 4) is 0 Å². The zero-order valence-electron chi connectivity index (χ0n) is 38.2. The fourth-order valence-electron chi connectivity index (χ4n) is 7.29. The molecule has 2 heterocycles.